The first-order chi connectivity index (χ1) is 45.6. The van der Waals surface area contributed by atoms with E-state index in [9.17, 15) is 67.4 Å². The van der Waals surface area contributed by atoms with Gasteiger partial charge in [0.25, 0.3) is 5.91 Å². The zero-order valence-corrected chi connectivity index (χ0v) is 64.0. The van der Waals surface area contributed by atoms with Crippen molar-refractivity contribution >= 4 is 77.0 Å². The number of carbonyl (C=O) groups is 12. The van der Waals surface area contributed by atoms with E-state index in [0.29, 0.717) is 38.5 Å². The molecule has 0 aromatic rings. The molecule has 0 saturated carbocycles. The normalized spacial score (nSPS) is 14.5. The molecule has 1 aliphatic rings. The van der Waals surface area contributed by atoms with Crippen molar-refractivity contribution in [1.29, 1.82) is 0 Å². The summed E-state index contributed by atoms with van der Waals surface area (Å²) in [5.74, 6) is -6.72. The maximum atomic E-state index is 14.0. The number of primary amides is 1. The number of Topliss-reactive ketones (excluding diaryl/α,β-unsaturated/α-hetero) is 4. The second-order valence-corrected chi connectivity index (χ2v) is 28.5. The summed E-state index contributed by atoms with van der Waals surface area (Å²) < 4.78 is 20.6. The molecule has 5 atom stereocenters. The number of nitrogens with one attached hydrogen (secondary N) is 4. The number of hydrogen-bond acceptors (Lipinski definition) is 18. The third-order valence-corrected chi connectivity index (χ3v) is 16.7. The van der Waals surface area contributed by atoms with Crippen molar-refractivity contribution in [3.05, 3.63) is 6.92 Å². The van der Waals surface area contributed by atoms with Crippen molar-refractivity contribution in [2.45, 2.75) is 298 Å². The van der Waals surface area contributed by atoms with Crippen LogP contribution >= 0.6 is 0 Å². The summed E-state index contributed by atoms with van der Waals surface area (Å²) in [4.78, 5) is 163. The Morgan fingerprint density at radius 1 is 0.622 bits per heavy atom. The maximum Gasteiger partial charge on any atom is 0.329 e. The van der Waals surface area contributed by atoms with E-state index < -0.39 is 89.4 Å². The van der Waals surface area contributed by atoms with Crippen LogP contribution in [-0.4, -0.2) is 175 Å². The molecular formula is C72H124N6O19Y-2. The number of carboxylic acid groups (broad SMARTS) is 2. The van der Waals surface area contributed by atoms with Gasteiger partial charge >= 0.3 is 17.9 Å². The number of hydrogen-bond donors (Lipinski definition) is 7. The molecule has 5 amide bonds. The molecule has 1 radical (unpaired) electrons. The van der Waals surface area contributed by atoms with Crippen molar-refractivity contribution in [2.75, 3.05) is 52.7 Å². The van der Waals surface area contributed by atoms with E-state index in [2.05, 4.69) is 32.9 Å². The number of amides is 5. The maximum absolute atomic E-state index is 14.0. The molecule has 0 aromatic carbocycles. The molecule has 1 saturated heterocycles. The molecule has 0 spiro atoms. The Morgan fingerprint density at radius 3 is 1.68 bits per heavy atom. The zero-order chi connectivity index (χ0) is 73.4. The van der Waals surface area contributed by atoms with Gasteiger partial charge in [-0.15, -0.1) is 5.41 Å². The third-order valence-electron chi connectivity index (χ3n) is 16.7. The molecule has 0 unspecified atom stereocenters. The van der Waals surface area contributed by atoms with Crippen molar-refractivity contribution < 1.29 is 124 Å². The first-order valence-corrected chi connectivity index (χ1v) is 35.6. The topological polar surface area (TPSA) is 377 Å². The van der Waals surface area contributed by atoms with Gasteiger partial charge in [-0.2, -0.15) is 0 Å². The number of ketones is 4. The van der Waals surface area contributed by atoms with E-state index in [-0.39, 0.29) is 183 Å². The van der Waals surface area contributed by atoms with Crippen LogP contribution in [0.1, 0.15) is 268 Å². The Hall–Kier alpha value is -5.11. The Kier molecular flexibility index (Phi) is 52.9. The summed E-state index contributed by atoms with van der Waals surface area (Å²) in [6.45, 7) is 23.0. The van der Waals surface area contributed by atoms with Crippen molar-refractivity contribution in [1.82, 2.24) is 26.2 Å². The molecular weight excluding hydrogens is 1340 g/mol. The predicted octanol–water partition coefficient (Wildman–Crippen LogP) is 8.89. The number of carboxylic acids is 2. The quantitative estimate of drug-likeness (QED) is 0.0129. The Balaban J connectivity index is 0. The van der Waals surface area contributed by atoms with Crippen LogP contribution < -0.4 is 27.0 Å². The number of nitrogens with zero attached hydrogens (tertiary/aromatic N) is 1. The number of likely N-dealkylation sites (tertiary alicyclic amines) is 1. The van der Waals surface area contributed by atoms with Gasteiger partial charge in [0.05, 0.1) is 37.8 Å². The van der Waals surface area contributed by atoms with Crippen LogP contribution in [0.3, 0.4) is 0 Å². The average molecular weight is 1470 g/mol. The number of aliphatic carboxylic acids is 2. The van der Waals surface area contributed by atoms with Gasteiger partial charge in [0.1, 0.15) is 36.3 Å². The van der Waals surface area contributed by atoms with Crippen LogP contribution in [0.5, 0.6) is 0 Å². The summed E-state index contributed by atoms with van der Waals surface area (Å²) in [7, 11) is 0. The summed E-state index contributed by atoms with van der Waals surface area (Å²) >= 11 is 0. The second kappa shape index (κ2) is 54.6. The minimum absolute atomic E-state index is 0. The number of nitrogens with two attached hydrogens (primary N) is 1. The standard InChI is InChI=1S/C67H115N6O17.C5H9O2.Y/c1-48(2)44-67(8,37-36-55(76)66(5,6)7)56(77)45-70-51(54(75)43-60(81)73-39-27-31-53(73)65(87)90-47-59(80)72-62(49(3)4)63(68)84)30-25-26-38-69-58(79)46-89-42-41-88-40-28-29-50(74)34-35-52(64(85)86)71-57(78)32-23-21-19-17-15-13-11-9-10-12-14-16-18-20-22-24-33-61(82)83;1-5(2,3)7-4-6;/h48-49,51-53,62,70H,5,9-47H2,1-4,6-8H3,(H2,68,84)(H,69,79)(H,71,78)(H,72,80)(H,82,83)(H,85,86);1-3H3;/q2*-1;/t51-,52-,53-,62-,67-;;/m0../s1. The number of unbranched alkanes of at least 4 members (excludes halogenated alkanes) is 16. The van der Waals surface area contributed by atoms with Crippen LogP contribution in [0.2, 0.25) is 0 Å². The van der Waals surface area contributed by atoms with Gasteiger partial charge in [0, 0.05) is 89.9 Å². The largest absolute Gasteiger partial charge is 0.649 e. The van der Waals surface area contributed by atoms with E-state index in [0.717, 1.165) is 44.9 Å². The zero-order valence-electron chi connectivity index (χ0n) is 61.2. The van der Waals surface area contributed by atoms with Crippen LogP contribution in [0.25, 0.3) is 0 Å². The van der Waals surface area contributed by atoms with Crippen LogP contribution in [0, 0.1) is 29.6 Å². The summed E-state index contributed by atoms with van der Waals surface area (Å²) in [6, 6.07) is -4.14. The fourth-order valence-corrected chi connectivity index (χ4v) is 11.1. The van der Waals surface area contributed by atoms with Crippen LogP contribution in [0.4, 0.5) is 0 Å². The number of rotatable bonds is 58. The molecule has 8 N–H and O–H groups in total. The van der Waals surface area contributed by atoms with Crippen LogP contribution in [-0.2, 0) is 114 Å². The van der Waals surface area contributed by atoms with Gasteiger partial charge in [-0.05, 0) is 103 Å². The minimum atomic E-state index is -1.19. The molecule has 1 aliphatic heterocycles. The fourth-order valence-electron chi connectivity index (χ4n) is 11.1. The van der Waals surface area contributed by atoms with E-state index in [1.807, 2.05) is 20.8 Å². The molecule has 1 rings (SSSR count). The van der Waals surface area contributed by atoms with Gasteiger partial charge in [-0.25, -0.2) is 9.59 Å². The molecule has 0 aromatic heterocycles. The molecule has 26 heteroatoms. The van der Waals surface area contributed by atoms with E-state index >= 15 is 0 Å². The van der Waals surface area contributed by atoms with Crippen molar-refractivity contribution in [3.8, 4) is 0 Å². The van der Waals surface area contributed by atoms with Gasteiger partial charge in [-0.3, -0.25) is 43.2 Å². The second-order valence-electron chi connectivity index (χ2n) is 28.5. The smallest absolute Gasteiger partial charge is 0.329 e. The van der Waals surface area contributed by atoms with E-state index in [1.54, 1.807) is 48.5 Å². The van der Waals surface area contributed by atoms with Gasteiger partial charge in [-0.1, -0.05) is 145 Å². The number of ether oxygens (including phenoxy) is 4. The summed E-state index contributed by atoms with van der Waals surface area (Å²) in [5.41, 5.74) is 3.27. The van der Waals surface area contributed by atoms with Crippen LogP contribution in [0.15, 0.2) is 0 Å². The first-order valence-electron chi connectivity index (χ1n) is 35.6. The van der Waals surface area contributed by atoms with E-state index in [1.165, 1.54) is 62.7 Å². The van der Waals surface area contributed by atoms with Crippen molar-refractivity contribution in [3.63, 3.8) is 0 Å². The minimum Gasteiger partial charge on any atom is -0.649 e. The number of esters is 1. The molecule has 0 aliphatic carbocycles. The molecule has 561 valence electrons. The molecule has 1 heterocycles. The monoisotopic (exact) mass is 1470 g/mol. The fraction of sp³-hybridized carbons (Fsp3) is 0.806. The average Bonchev–Trinajstić information content (AvgIpc) is 1.43. The SMILES string of the molecule is CC(C)(C)O[C-]=O.[CH2-]C(C)(C)C(=O)CC[C@@](C)(CC(C)C)C(=O)CN[C@@H](CCCCNC(=O)COCCOCCCC(=O)CC[C@H](NC(=O)CCCCCCCCCCCCCCCCCCC(=O)O)C(=O)O)C(=O)CC(=O)N1CCC[C@H]1C(=O)OCC(=O)N[C@H](C(N)=O)C(C)C.[Y]. The first kappa shape index (κ1) is 94.9. The summed E-state index contributed by atoms with van der Waals surface area (Å²) in [6.07, 6.45) is 20.7. The molecule has 98 heavy (non-hydrogen) atoms. The molecule has 1 fully saturated rings. The number of carbonyl (C=O) groups excluding carboxylic acids is 11. The van der Waals surface area contributed by atoms with Crippen molar-refractivity contribution in [2.24, 2.45) is 28.4 Å². The summed E-state index contributed by atoms with van der Waals surface area (Å²) in [5, 5.41) is 29.2. The molecule has 25 nitrogen and oxygen atoms in total. The Bertz CT molecular complexity index is 2400. The molecule has 0 bridgehead atoms. The van der Waals surface area contributed by atoms with Gasteiger partial charge < -0.3 is 77.6 Å². The van der Waals surface area contributed by atoms with E-state index in [4.69, 9.17) is 25.1 Å². The third kappa shape index (κ3) is 48.6. The Morgan fingerprint density at radius 2 is 1.18 bits per heavy atom. The van der Waals surface area contributed by atoms with Gasteiger partial charge in [0.15, 0.2) is 18.2 Å². The van der Waals surface area contributed by atoms with Gasteiger partial charge in [0.2, 0.25) is 23.6 Å². The predicted molar refractivity (Wildman–Crippen MR) is 368 cm³/mol. The Labute approximate surface area is 609 Å².